The van der Waals surface area contributed by atoms with E-state index in [1.54, 1.807) is 99.1 Å². The second-order valence-corrected chi connectivity index (χ2v) is 32.7. The van der Waals surface area contributed by atoms with E-state index in [-0.39, 0.29) is 101 Å². The van der Waals surface area contributed by atoms with Crippen LogP contribution in [0.2, 0.25) is 0 Å². The van der Waals surface area contributed by atoms with Gasteiger partial charge in [-0.15, -0.1) is 28.4 Å². The van der Waals surface area contributed by atoms with Crippen molar-refractivity contribution < 1.29 is 101 Å². The van der Waals surface area contributed by atoms with Crippen molar-refractivity contribution in [2.45, 2.75) is 0 Å². The molecule has 25 heterocycles. The average molecular weight is 2850 g/mol. The predicted molar refractivity (Wildman–Crippen MR) is 566 cm³/mol. The third-order valence-electron chi connectivity index (χ3n) is 23.1. The van der Waals surface area contributed by atoms with E-state index >= 15 is 0 Å². The van der Waals surface area contributed by atoms with Gasteiger partial charge in [0.25, 0.3) is 0 Å². The van der Waals surface area contributed by atoms with Gasteiger partial charge in [0.15, 0.2) is 0 Å². The fourth-order valence-corrected chi connectivity index (χ4v) is 16.5. The van der Waals surface area contributed by atoms with Crippen LogP contribution in [-0.4, -0.2) is 161 Å². The summed E-state index contributed by atoms with van der Waals surface area (Å²) in [5.74, 6) is 0. The summed E-state index contributed by atoms with van der Waals surface area (Å²) in [6.45, 7) is 10.0. The third-order valence-corrected chi connectivity index (χ3v) is 23.1. The second kappa shape index (κ2) is 50.3. The predicted octanol–water partition coefficient (Wildman–Crippen LogP) is 19.7. The summed E-state index contributed by atoms with van der Waals surface area (Å²) < 4.78 is 9.30. The maximum Gasteiger partial charge on any atom is 3.00 e. The van der Waals surface area contributed by atoms with E-state index in [4.69, 9.17) is 0 Å². The molecule has 5 aliphatic rings. The van der Waals surface area contributed by atoms with Crippen LogP contribution in [0.15, 0.2) is 392 Å². The molecule has 0 unspecified atom stereocenters. The first-order valence-corrected chi connectivity index (χ1v) is 45.7. The second-order valence-electron chi connectivity index (χ2n) is 32.7. The Kier molecular flexibility index (Phi) is 35.6. The van der Waals surface area contributed by atoms with Gasteiger partial charge in [-0.2, -0.15) is 185 Å². The van der Waals surface area contributed by atoms with Crippen LogP contribution in [0.5, 0.6) is 0 Å². The van der Waals surface area contributed by atoms with Gasteiger partial charge in [-0.25, -0.2) is 0 Å². The molecule has 5 aliphatic heterocycles. The van der Waals surface area contributed by atoms with Crippen molar-refractivity contribution in [2.24, 2.45) is 0 Å². The molecule has 0 saturated carbocycles. The molecule has 20 aromatic heterocycles. The molecule has 0 bridgehead atoms. The van der Waals surface area contributed by atoms with Crippen LogP contribution in [0, 0.1) is 94.7 Å². The van der Waals surface area contributed by atoms with E-state index in [9.17, 15) is 0 Å². The topological polar surface area (TPSA) is 261 Å². The smallest absolute Gasteiger partial charge is 0.510 e. The molecule has 0 saturated heterocycles. The van der Waals surface area contributed by atoms with Crippen LogP contribution in [0.3, 0.4) is 0 Å². The quantitative estimate of drug-likeness (QED) is 0.114. The van der Waals surface area contributed by atoms with E-state index in [1.165, 1.54) is 0 Å². The van der Waals surface area contributed by atoms with Gasteiger partial charge in [0.2, 0.25) is 0 Å². The zero-order valence-corrected chi connectivity index (χ0v) is 92.3. The molecule has 0 spiro atoms. The zero-order valence-electron chi connectivity index (χ0n) is 80.4. The molecule has 0 atom stereocenters. The molecular weight excluding hydrogens is 2760 g/mol. The van der Waals surface area contributed by atoms with E-state index in [1.807, 2.05) is 426 Å². The van der Waals surface area contributed by atoms with Gasteiger partial charge in [0.1, 0.15) is 0 Å². The first-order chi connectivity index (χ1) is 71.5. The minimum Gasteiger partial charge on any atom is -0.510 e. The Hall–Kier alpha value is -16.5. The van der Waals surface area contributed by atoms with Crippen molar-refractivity contribution in [1.82, 2.24) is 126 Å². The molecule has 5 aromatic carbocycles. The van der Waals surface area contributed by atoms with Gasteiger partial charge in [-0.3, -0.25) is 29.9 Å². The largest absolute Gasteiger partial charge is 3.00 e. The van der Waals surface area contributed by atoms with Crippen molar-refractivity contribution in [1.29, 1.82) is 0 Å². The Morgan fingerprint density at radius 2 is 0.433 bits per heavy atom. The van der Waals surface area contributed by atoms with Gasteiger partial charge in [0.05, 0.1) is 33.4 Å². The third kappa shape index (κ3) is 23.5. The number of benzene rings is 5. The molecule has 31 nitrogen and oxygen atoms in total. The van der Waals surface area contributed by atoms with Crippen molar-refractivity contribution >= 4 is 166 Å². The van der Waals surface area contributed by atoms with Crippen LogP contribution >= 0.6 is 0 Å². The minimum absolute atomic E-state index is 0. The maximum atomic E-state index is 4.43. The Balaban J connectivity index is 0.000000119. The fourth-order valence-electron chi connectivity index (χ4n) is 16.5. The van der Waals surface area contributed by atoms with E-state index in [2.05, 4.69) is 147 Å². The number of nitrogens with zero attached hydrogens (tertiary/aromatic N) is 31. The molecule has 740 valence electrons. The molecule has 150 heavy (non-hydrogen) atoms. The van der Waals surface area contributed by atoms with Gasteiger partial charge in [0, 0.05) is 126 Å². The molecule has 0 fully saturated rings. The molecule has 0 radical (unpaired) electrons. The number of aromatic nitrogens is 21. The van der Waals surface area contributed by atoms with Gasteiger partial charge in [-0.05, 0) is 242 Å². The number of hydrogen-bond acceptors (Lipinski definition) is 26. The van der Waals surface area contributed by atoms with Crippen molar-refractivity contribution in [2.75, 3.05) is 59.7 Å². The van der Waals surface area contributed by atoms with Crippen LogP contribution in [0.1, 0.15) is 0 Å². The van der Waals surface area contributed by atoms with E-state index in [0.29, 0.717) is 0 Å². The fraction of sp³-hybridized carbons (Fsp3) is 0.0439. The summed E-state index contributed by atoms with van der Waals surface area (Å²) >= 11 is 0. The SMILES string of the molecule is CN1C=CN(c2[c-]cccc2)[CH-]1.CN1C=CN(c2[c-]cccc2)[CH-]1.CN1C=CN(c2[c-]cccc2)[CH-]1.CN1C=CN(c2[c-]cccc2)[CH-]1.CN1C=CN(c2[c-]cccc2)[CH-]1.[Ir+3].[Ir+3].[Ir+3].[Ir+3].[Ir+3].[c-]1cnc2c3cccnc3c3cccnc3n12.[c-]1cnc2c3ccncc3c3cccnc3n12.[c-]1cnc2c3cnccc3c3cccnc3n12.[c-]1cnc2c3ncccc3c3cccnc3n12.[c-]1cnc2c3nccnc3c3cccnc3n12. The molecule has 25 aromatic rings. The molecule has 0 amide bonds. The number of fused-ring (bicyclic) bond motifs is 30. The standard InChI is InChI=1S/4C13H7N4.C12H6N5.5C10H10N2.5Ir/c1-3-10-11(14-5-1)9-4-2-6-15-12(9)17-8-7-16-13(10)17;1-3-9-10-4-2-6-15-12(10)17-8-7-16-13(17)11(9)14-5-1;1-2-10-9-3-5-14-8-11(9)13-16-6-7-17(13)12(10)15-4-1;1-2-9-11-8-14-5-3-10(11)13-16-6-7-17(13)12(9)15-4-1;1-2-8-9-10(14-5-4-13-9)12-16-6-7-17(12)11(8)15-3-1;5*1-11-7-8-12(9-11)10-5-3-2-4-6-10;;;;;/h2*1-7H;2*1-6,8H;1-6H;5*2-5,7-9H,1H3;;;;;/q5*-1;5*-2;5*+3. The first-order valence-electron chi connectivity index (χ1n) is 45.7. The summed E-state index contributed by atoms with van der Waals surface area (Å²) in [5.41, 5.74) is 17.1. The minimum atomic E-state index is 0. The average Bonchev–Trinajstić information content (AvgIpc) is 1.54. The molecule has 0 aliphatic carbocycles. The number of anilines is 5. The van der Waals surface area contributed by atoms with E-state index in [0.717, 1.165) is 166 Å². The summed E-state index contributed by atoms with van der Waals surface area (Å²) in [6, 6.07) is 86.9. The van der Waals surface area contributed by atoms with Crippen molar-refractivity contribution in [3.05, 3.63) is 487 Å². The monoisotopic (exact) mass is 2850 g/mol. The Labute approximate surface area is 931 Å². The Morgan fingerprint density at radius 1 is 0.187 bits per heavy atom. The Bertz CT molecular complexity index is 7430. The van der Waals surface area contributed by atoms with E-state index < -0.39 is 0 Å². The number of pyridine rings is 14. The summed E-state index contributed by atoms with van der Waals surface area (Å²) in [7, 11) is 10.00. The first kappa shape index (κ1) is 106. The van der Waals surface area contributed by atoms with Crippen LogP contribution < -0.4 is 24.5 Å². The maximum absolute atomic E-state index is 4.43. The summed E-state index contributed by atoms with van der Waals surface area (Å²) in [5, 5.41) is 11.6. The van der Waals surface area contributed by atoms with Gasteiger partial charge in [-0.1, -0.05) is 73.4 Å². The number of para-hydroxylation sites is 5. The molecular formula is C114H84Ir5N31. The zero-order chi connectivity index (χ0) is 98.2. The number of rotatable bonds is 5. The number of hydrogen-bond donors (Lipinski definition) is 0. The normalized spacial score (nSPS) is 12.8. The summed E-state index contributed by atoms with van der Waals surface area (Å²) in [4.78, 5) is 89.5. The summed E-state index contributed by atoms with van der Waals surface area (Å²) in [6.07, 6.45) is 66.6. The number of imidazole rings is 5. The molecule has 36 heteroatoms. The Morgan fingerprint density at radius 3 is 0.780 bits per heavy atom. The van der Waals surface area contributed by atoms with Crippen LogP contribution in [0.4, 0.5) is 28.4 Å². The van der Waals surface area contributed by atoms with Gasteiger partial charge >= 0.3 is 101 Å². The van der Waals surface area contributed by atoms with Crippen LogP contribution in [-0.2, 0) is 101 Å². The molecule has 30 rings (SSSR count). The van der Waals surface area contributed by atoms with Crippen molar-refractivity contribution in [3.63, 3.8) is 0 Å². The van der Waals surface area contributed by atoms with Crippen molar-refractivity contribution in [3.8, 4) is 0 Å². The molecule has 0 N–H and O–H groups in total. The van der Waals surface area contributed by atoms with Gasteiger partial charge < -0.3 is 121 Å². The van der Waals surface area contributed by atoms with Crippen LogP contribution in [0.25, 0.3) is 138 Å².